The van der Waals surface area contributed by atoms with Gasteiger partial charge in [0.05, 0.1) is 20.4 Å². The third-order valence-corrected chi connectivity index (χ3v) is 6.03. The molecule has 3 N–H and O–H groups in total. The van der Waals surface area contributed by atoms with Gasteiger partial charge in [-0.1, -0.05) is 36.0 Å². The van der Waals surface area contributed by atoms with E-state index in [0.29, 0.717) is 0 Å². The summed E-state index contributed by atoms with van der Waals surface area (Å²) in [5.74, 6) is -10.9. The van der Waals surface area contributed by atoms with Crippen LogP contribution >= 0.6 is 23.1 Å². The van der Waals surface area contributed by atoms with Crippen LogP contribution in [0.25, 0.3) is 5.57 Å². The van der Waals surface area contributed by atoms with E-state index in [4.69, 9.17) is 5.73 Å². The van der Waals surface area contributed by atoms with E-state index >= 15 is 0 Å². The molecule has 10 heteroatoms. The summed E-state index contributed by atoms with van der Waals surface area (Å²) in [5, 5.41) is 21.8. The van der Waals surface area contributed by atoms with E-state index in [1.807, 2.05) is 11.4 Å². The number of nitrogens with two attached hydrogens (primary N) is 1. The fourth-order valence-electron chi connectivity index (χ4n) is 2.64. The van der Waals surface area contributed by atoms with Crippen LogP contribution in [0.15, 0.2) is 51.0 Å². The highest BCUT2D eigenvalue weighted by Crippen LogP contribution is 2.35. The van der Waals surface area contributed by atoms with Crippen molar-refractivity contribution >= 4 is 28.7 Å². The number of hydrogen-bond acceptors (Lipinski definition) is 5. The zero-order valence-corrected chi connectivity index (χ0v) is 16.4. The predicted molar refractivity (Wildman–Crippen MR) is 104 cm³/mol. The Morgan fingerprint density at radius 2 is 1.63 bits per heavy atom. The smallest absolute Gasteiger partial charge is 0.200 e. The average Bonchev–Trinajstić information content (AvgIpc) is 3.24. The summed E-state index contributed by atoms with van der Waals surface area (Å²) in [6.07, 6.45) is -2.17. The number of thiophene rings is 1. The lowest BCUT2D eigenvalue weighted by Gasteiger charge is -2.16. The van der Waals surface area contributed by atoms with Crippen molar-refractivity contribution in [1.82, 2.24) is 0 Å². The van der Waals surface area contributed by atoms with Crippen molar-refractivity contribution in [2.45, 2.75) is 10.3 Å². The molecule has 0 aliphatic rings. The predicted octanol–water partition coefficient (Wildman–Crippen LogP) is 5.47. The molecule has 3 rings (SSSR count). The standard InChI is InChI=1S/C20H11F5N2OS2/c21-14-13(15(22)17(24)18(25)16(14)23)19(28)10-4-1-3-9(7-10)11(8-26)20(27)30-12-5-2-6-29-12/h1-7,19,28H,27H2/b20-11+. The average molecular weight is 454 g/mol. The van der Waals surface area contributed by atoms with Crippen LogP contribution in [-0.2, 0) is 0 Å². The summed E-state index contributed by atoms with van der Waals surface area (Å²) in [5.41, 5.74) is 4.67. The summed E-state index contributed by atoms with van der Waals surface area (Å²) < 4.78 is 69.1. The molecule has 0 aliphatic carbocycles. The molecule has 3 nitrogen and oxygen atoms in total. The Bertz CT molecular complexity index is 1140. The quantitative estimate of drug-likeness (QED) is 0.176. The highest BCUT2D eigenvalue weighted by Gasteiger charge is 2.30. The first-order valence-corrected chi connectivity index (χ1v) is 9.86. The second-order valence-electron chi connectivity index (χ2n) is 5.90. The monoisotopic (exact) mass is 454 g/mol. The largest absolute Gasteiger partial charge is 0.392 e. The van der Waals surface area contributed by atoms with Gasteiger partial charge in [-0.05, 0) is 28.6 Å². The SMILES string of the molecule is N#C/C(=C(/N)Sc1cccs1)c1cccc(C(O)c2c(F)c(F)c(F)c(F)c2F)c1. The number of thioether (sulfide) groups is 1. The number of nitriles is 1. The fraction of sp³-hybridized carbons (Fsp3) is 0.0500. The molecule has 1 atom stereocenters. The lowest BCUT2D eigenvalue weighted by Crippen LogP contribution is -2.12. The van der Waals surface area contributed by atoms with E-state index in [2.05, 4.69) is 0 Å². The van der Waals surface area contributed by atoms with Crippen molar-refractivity contribution in [3.05, 3.63) is 92.6 Å². The van der Waals surface area contributed by atoms with Crippen molar-refractivity contribution in [2.24, 2.45) is 5.73 Å². The minimum atomic E-state index is -2.32. The second kappa shape index (κ2) is 8.87. The maximum Gasteiger partial charge on any atom is 0.200 e. The number of nitrogens with zero attached hydrogens (tertiary/aromatic N) is 1. The molecule has 2 aromatic carbocycles. The summed E-state index contributed by atoms with van der Waals surface area (Å²) >= 11 is 2.53. The van der Waals surface area contributed by atoms with Gasteiger partial charge in [-0.2, -0.15) is 5.26 Å². The molecule has 3 aromatic rings. The topological polar surface area (TPSA) is 70.0 Å². The maximum absolute atomic E-state index is 14.0. The normalized spacial score (nSPS) is 13.0. The molecular formula is C20H11F5N2OS2. The molecule has 0 fully saturated rings. The Hall–Kier alpha value is -2.87. The second-order valence-corrected chi connectivity index (χ2v) is 8.19. The number of halogens is 5. The van der Waals surface area contributed by atoms with Gasteiger partial charge in [0.25, 0.3) is 0 Å². The van der Waals surface area contributed by atoms with Crippen molar-refractivity contribution in [3.8, 4) is 6.07 Å². The number of aliphatic hydroxyl groups is 1. The van der Waals surface area contributed by atoms with Gasteiger partial charge in [-0.15, -0.1) is 11.3 Å². The Balaban J connectivity index is 2.05. The van der Waals surface area contributed by atoms with Crippen molar-refractivity contribution in [2.75, 3.05) is 0 Å². The molecule has 1 unspecified atom stereocenters. The number of rotatable bonds is 5. The molecule has 30 heavy (non-hydrogen) atoms. The Labute approximate surface area is 175 Å². The van der Waals surface area contributed by atoms with Crippen LogP contribution in [0.1, 0.15) is 22.8 Å². The minimum absolute atomic E-state index is 0.0276. The first kappa shape index (κ1) is 21.8. The molecule has 0 radical (unpaired) electrons. The maximum atomic E-state index is 14.0. The molecule has 1 heterocycles. The van der Waals surface area contributed by atoms with Gasteiger partial charge < -0.3 is 10.8 Å². The van der Waals surface area contributed by atoms with E-state index in [1.165, 1.54) is 35.6 Å². The van der Waals surface area contributed by atoms with Crippen LogP contribution in [0.4, 0.5) is 22.0 Å². The van der Waals surface area contributed by atoms with E-state index in [1.54, 1.807) is 12.1 Å². The molecule has 0 saturated heterocycles. The van der Waals surface area contributed by atoms with Crippen LogP contribution in [-0.4, -0.2) is 5.11 Å². The highest BCUT2D eigenvalue weighted by atomic mass is 32.2. The fourth-order valence-corrected chi connectivity index (χ4v) is 4.34. The summed E-state index contributed by atoms with van der Waals surface area (Å²) in [6.45, 7) is 0. The Kier molecular flexibility index (Phi) is 6.45. The number of aliphatic hydroxyl groups excluding tert-OH is 1. The molecular weight excluding hydrogens is 443 g/mol. The molecule has 0 saturated carbocycles. The molecule has 0 aliphatic heterocycles. The van der Waals surface area contributed by atoms with Crippen molar-refractivity contribution in [1.29, 1.82) is 5.26 Å². The lowest BCUT2D eigenvalue weighted by atomic mass is 9.96. The van der Waals surface area contributed by atoms with Crippen molar-refractivity contribution in [3.63, 3.8) is 0 Å². The minimum Gasteiger partial charge on any atom is -0.392 e. The number of benzene rings is 2. The van der Waals surface area contributed by atoms with Gasteiger partial charge in [0.1, 0.15) is 12.2 Å². The number of hydrogen-bond donors (Lipinski definition) is 2. The molecule has 154 valence electrons. The summed E-state index contributed by atoms with van der Waals surface area (Å²) in [4.78, 5) is 0. The van der Waals surface area contributed by atoms with E-state index in [-0.39, 0.29) is 21.7 Å². The van der Waals surface area contributed by atoms with Crippen LogP contribution in [0, 0.1) is 40.4 Å². The molecule has 0 amide bonds. The first-order valence-electron chi connectivity index (χ1n) is 8.17. The van der Waals surface area contributed by atoms with Crippen LogP contribution in [0.3, 0.4) is 0 Å². The van der Waals surface area contributed by atoms with Crippen LogP contribution in [0.2, 0.25) is 0 Å². The Morgan fingerprint density at radius 1 is 1.00 bits per heavy atom. The van der Waals surface area contributed by atoms with E-state index in [9.17, 15) is 32.3 Å². The van der Waals surface area contributed by atoms with Crippen LogP contribution < -0.4 is 5.73 Å². The van der Waals surface area contributed by atoms with Gasteiger partial charge in [0.2, 0.25) is 5.82 Å². The molecule has 1 aromatic heterocycles. The van der Waals surface area contributed by atoms with Gasteiger partial charge in [-0.3, -0.25) is 0 Å². The third kappa shape index (κ3) is 4.05. The third-order valence-electron chi connectivity index (χ3n) is 4.07. The van der Waals surface area contributed by atoms with Gasteiger partial charge >= 0.3 is 0 Å². The van der Waals surface area contributed by atoms with Gasteiger partial charge in [0, 0.05) is 0 Å². The van der Waals surface area contributed by atoms with E-state index in [0.717, 1.165) is 16.0 Å². The Morgan fingerprint density at radius 3 is 2.20 bits per heavy atom. The summed E-state index contributed by atoms with van der Waals surface area (Å²) in [7, 11) is 0. The molecule has 0 bridgehead atoms. The number of allylic oxidation sites excluding steroid dienone is 1. The van der Waals surface area contributed by atoms with Crippen molar-refractivity contribution < 1.29 is 27.1 Å². The summed E-state index contributed by atoms with van der Waals surface area (Å²) in [6, 6.07) is 10.8. The van der Waals surface area contributed by atoms with Gasteiger partial charge in [-0.25, -0.2) is 22.0 Å². The van der Waals surface area contributed by atoms with Crippen LogP contribution in [0.5, 0.6) is 0 Å². The zero-order valence-electron chi connectivity index (χ0n) is 14.8. The highest BCUT2D eigenvalue weighted by molar-refractivity contribution is 8.04. The lowest BCUT2D eigenvalue weighted by molar-refractivity contribution is 0.202. The van der Waals surface area contributed by atoms with Gasteiger partial charge in [0.15, 0.2) is 23.3 Å². The zero-order chi connectivity index (χ0) is 22.0. The van der Waals surface area contributed by atoms with E-state index < -0.39 is 40.8 Å². The molecule has 0 spiro atoms. The first-order chi connectivity index (χ1) is 14.3.